The highest BCUT2D eigenvalue weighted by molar-refractivity contribution is 6.04. The van der Waals surface area contributed by atoms with Crippen LogP contribution in [-0.2, 0) is 32.9 Å². The molecule has 2 aliphatic rings. The highest BCUT2D eigenvalue weighted by atomic mass is 16.5. The number of nitrogens with zero attached hydrogens (tertiary/aromatic N) is 5. The van der Waals surface area contributed by atoms with E-state index in [1.165, 1.54) is 22.3 Å². The highest BCUT2D eigenvalue weighted by Gasteiger charge is 2.27. The molecule has 0 aliphatic carbocycles. The lowest BCUT2D eigenvalue weighted by Crippen LogP contribution is -2.16. The molecule has 4 aromatic heterocycles. The van der Waals surface area contributed by atoms with E-state index in [1.807, 2.05) is 60.3 Å². The van der Waals surface area contributed by atoms with Crippen molar-refractivity contribution in [3.8, 4) is 44.6 Å². The second kappa shape index (κ2) is 19.1. The average molecular weight is 992 g/mol. The monoisotopic (exact) mass is 992 g/mol. The van der Waals surface area contributed by atoms with Crippen molar-refractivity contribution in [2.45, 2.75) is 118 Å². The quantitative estimate of drug-likeness (QED) is 0.147. The Morgan fingerprint density at radius 1 is 0.507 bits per heavy atom. The largest absolute Gasteiger partial charge is 0.462 e. The van der Waals surface area contributed by atoms with Gasteiger partial charge < -0.3 is 14.7 Å². The predicted molar refractivity (Wildman–Crippen MR) is 310 cm³/mol. The van der Waals surface area contributed by atoms with Gasteiger partial charge in [-0.15, -0.1) is 5.10 Å². The normalized spacial score (nSPS) is 12.9. The molecular weight excluding hydrogens is 923 g/mol. The third-order valence-corrected chi connectivity index (χ3v) is 14.3. The Bertz CT molecular complexity index is 3620. The molecule has 2 N–H and O–H groups in total. The molecule has 9 nitrogen and oxygen atoms in total. The minimum atomic E-state index is -0.396. The summed E-state index contributed by atoms with van der Waals surface area (Å²) in [6.07, 6.45) is 10.4. The van der Waals surface area contributed by atoms with Gasteiger partial charge in [-0.3, -0.25) is 0 Å². The number of hydrogen-bond acceptors (Lipinski definition) is 6. The van der Waals surface area contributed by atoms with Crippen LogP contribution in [0.3, 0.4) is 0 Å². The molecule has 10 rings (SSSR count). The minimum absolute atomic E-state index is 0.143. The van der Waals surface area contributed by atoms with Gasteiger partial charge in [0.1, 0.15) is 5.69 Å². The van der Waals surface area contributed by atoms with Crippen LogP contribution < -0.4 is 0 Å². The second-order valence-corrected chi connectivity index (χ2v) is 24.2. The van der Waals surface area contributed by atoms with Crippen molar-refractivity contribution < 1.29 is 9.53 Å². The van der Waals surface area contributed by atoms with E-state index in [2.05, 4.69) is 190 Å². The number of benzene rings is 4. The van der Waals surface area contributed by atoms with Crippen LogP contribution >= 0.6 is 0 Å². The van der Waals surface area contributed by atoms with Gasteiger partial charge in [-0.05, 0) is 122 Å². The third-order valence-electron chi connectivity index (χ3n) is 14.3. The molecule has 380 valence electrons. The second-order valence-electron chi connectivity index (χ2n) is 24.2. The van der Waals surface area contributed by atoms with Crippen LogP contribution in [0.2, 0.25) is 0 Å². The molecule has 4 aromatic carbocycles. The average Bonchev–Trinajstić information content (AvgIpc) is 4.23. The smallest absolute Gasteiger partial charge is 0.338 e. The van der Waals surface area contributed by atoms with E-state index in [0.717, 1.165) is 78.1 Å². The number of nitrogens with one attached hydrogen (secondary N) is 2. The van der Waals surface area contributed by atoms with Gasteiger partial charge in [-0.2, -0.15) is 0 Å². The summed E-state index contributed by atoms with van der Waals surface area (Å²) in [4.78, 5) is 33.0. The summed E-state index contributed by atoms with van der Waals surface area (Å²) in [5.74, 6) is -0.396. The number of carbonyl (C=O) groups is 1. The van der Waals surface area contributed by atoms with Gasteiger partial charge in [0, 0.05) is 38.8 Å². The third kappa shape index (κ3) is 10.2. The van der Waals surface area contributed by atoms with E-state index in [-0.39, 0.29) is 28.3 Å². The van der Waals surface area contributed by atoms with Crippen LogP contribution in [0.15, 0.2) is 121 Å². The zero-order valence-corrected chi connectivity index (χ0v) is 45.8. The number of aromatic amines is 2. The topological polar surface area (TPSA) is 114 Å². The van der Waals surface area contributed by atoms with Gasteiger partial charge >= 0.3 is 5.97 Å². The lowest BCUT2D eigenvalue weighted by Gasteiger charge is -2.26. The lowest BCUT2D eigenvalue weighted by atomic mass is 9.78. The zero-order chi connectivity index (χ0) is 53.2. The number of carbonyl (C=O) groups excluding carboxylic acids is 1. The Hall–Kier alpha value is -7.91. The van der Waals surface area contributed by atoms with Crippen LogP contribution in [-0.4, -0.2) is 47.5 Å². The fourth-order valence-corrected chi connectivity index (χ4v) is 9.99. The maximum atomic E-state index is 13.9. The summed E-state index contributed by atoms with van der Waals surface area (Å²) in [5, 5.41) is 9.58. The van der Waals surface area contributed by atoms with E-state index in [0.29, 0.717) is 29.1 Å². The fourth-order valence-electron chi connectivity index (χ4n) is 9.99. The lowest BCUT2D eigenvalue weighted by molar-refractivity contribution is 0.0527. The highest BCUT2D eigenvalue weighted by Crippen LogP contribution is 2.43. The van der Waals surface area contributed by atoms with Gasteiger partial charge in [-0.1, -0.05) is 173 Å². The Morgan fingerprint density at radius 3 is 1.39 bits per heavy atom. The van der Waals surface area contributed by atoms with Crippen LogP contribution in [0, 0.1) is 0 Å². The van der Waals surface area contributed by atoms with Gasteiger partial charge in [0.2, 0.25) is 0 Å². The van der Waals surface area contributed by atoms with Crippen LogP contribution in [0.1, 0.15) is 151 Å². The molecule has 0 saturated heterocycles. The SMILES string of the molecule is CCOC(=O)c1ccccc1-c1c2nc(c(-c3cc(C(C)(C)C)cc(C(C)(C)C)c3)c3ccc([nH]3)c(-c3cn(Cc4ccccc4)nn3)c3nc(c(-c4cc(C(C)(C)C)cc(C(C)(C)C)c4)c4ccc1[nH]4)C=C3)C=C2. The molecule has 8 bridgehead atoms. The molecule has 0 radical (unpaired) electrons. The molecule has 2 aliphatic heterocycles. The number of esters is 1. The van der Waals surface area contributed by atoms with E-state index in [4.69, 9.17) is 25.0 Å². The van der Waals surface area contributed by atoms with Gasteiger partial charge in [0.15, 0.2) is 0 Å². The first-order valence-electron chi connectivity index (χ1n) is 26.2. The summed E-state index contributed by atoms with van der Waals surface area (Å²) in [5.41, 5.74) is 19.3. The van der Waals surface area contributed by atoms with Gasteiger partial charge in [0.05, 0.1) is 58.8 Å². The maximum absolute atomic E-state index is 13.9. The van der Waals surface area contributed by atoms with Gasteiger partial charge in [0.25, 0.3) is 0 Å². The molecule has 8 aromatic rings. The van der Waals surface area contributed by atoms with Gasteiger partial charge in [-0.25, -0.2) is 19.4 Å². The number of ether oxygens (including phenoxy) is 1. The minimum Gasteiger partial charge on any atom is -0.462 e. The van der Waals surface area contributed by atoms with E-state index < -0.39 is 5.97 Å². The first-order valence-corrected chi connectivity index (χ1v) is 26.2. The Morgan fingerprint density at radius 2 is 0.920 bits per heavy atom. The molecule has 0 saturated carbocycles. The van der Waals surface area contributed by atoms with Crippen molar-refractivity contribution in [1.29, 1.82) is 0 Å². The van der Waals surface area contributed by atoms with E-state index in [1.54, 1.807) is 0 Å². The fraction of sp³-hybridized carbons (Fsp3) is 0.288. The van der Waals surface area contributed by atoms with Crippen LogP contribution in [0.25, 0.3) is 91.0 Å². The van der Waals surface area contributed by atoms with Crippen molar-refractivity contribution in [1.82, 2.24) is 34.9 Å². The number of H-pyrrole nitrogens is 2. The van der Waals surface area contributed by atoms with Crippen molar-refractivity contribution >= 4 is 52.3 Å². The Labute approximate surface area is 441 Å². The molecular formula is C66H69N7O2. The molecule has 0 spiro atoms. The number of rotatable bonds is 8. The standard InChI is InChI=1S/C66H69N7O2/c1-14-75-62(74)48-23-19-18-22-47(48)60-53-28-24-49(67-53)58(41-32-43(63(2,3)4)36-44(33-41)64(5,6)7)51-26-30-55(69-51)61(57-39-73(72-71-57)38-40-20-16-15-17-21-40)56-31-27-52(70-56)59(50-25-29-54(60)68-50)42-34-45(65(8,9)10)37-46(35-42)66(11,12)13/h15-37,39,67,70H,14,38H2,1-13H3. The van der Waals surface area contributed by atoms with Crippen molar-refractivity contribution in [2.24, 2.45) is 0 Å². The number of aromatic nitrogens is 7. The van der Waals surface area contributed by atoms with E-state index >= 15 is 0 Å². The summed E-state index contributed by atoms with van der Waals surface area (Å²) >= 11 is 0. The Balaban J connectivity index is 1.39. The summed E-state index contributed by atoms with van der Waals surface area (Å²) < 4.78 is 7.61. The van der Waals surface area contributed by atoms with Crippen LogP contribution in [0.4, 0.5) is 0 Å². The zero-order valence-electron chi connectivity index (χ0n) is 45.8. The van der Waals surface area contributed by atoms with Crippen LogP contribution in [0.5, 0.6) is 0 Å². The Kier molecular flexibility index (Phi) is 12.9. The molecule has 0 fully saturated rings. The molecule has 6 heterocycles. The molecule has 75 heavy (non-hydrogen) atoms. The molecule has 0 amide bonds. The summed E-state index contributed by atoms with van der Waals surface area (Å²) in [6, 6.07) is 40.5. The summed E-state index contributed by atoms with van der Waals surface area (Å²) in [7, 11) is 0. The first-order chi connectivity index (χ1) is 35.5. The summed E-state index contributed by atoms with van der Waals surface area (Å²) in [6.45, 7) is 29.8. The molecule has 0 atom stereocenters. The van der Waals surface area contributed by atoms with Crippen molar-refractivity contribution in [3.63, 3.8) is 0 Å². The predicted octanol–water partition coefficient (Wildman–Crippen LogP) is 16.3. The first kappa shape index (κ1) is 50.6. The molecule has 9 heteroatoms. The number of hydrogen-bond donors (Lipinski definition) is 2. The van der Waals surface area contributed by atoms with Crippen molar-refractivity contribution in [3.05, 3.63) is 178 Å². The van der Waals surface area contributed by atoms with E-state index in [9.17, 15) is 4.79 Å². The maximum Gasteiger partial charge on any atom is 0.338 e. The molecule has 0 unspecified atom stereocenters. The number of fused-ring (bicyclic) bond motifs is 8. The van der Waals surface area contributed by atoms with Crippen molar-refractivity contribution in [2.75, 3.05) is 6.61 Å².